The van der Waals surface area contributed by atoms with Crippen LogP contribution in [0, 0.1) is 0 Å². The Kier molecular flexibility index (Phi) is 2.82. The van der Waals surface area contributed by atoms with Crippen molar-refractivity contribution in [2.75, 3.05) is 20.5 Å². The normalized spacial score (nSPS) is 12.0. The number of ether oxygens (including phenoxy) is 1. The van der Waals surface area contributed by atoms with Gasteiger partial charge < -0.3 is 4.74 Å². The first-order chi connectivity index (χ1) is 3.68. The van der Waals surface area contributed by atoms with Crippen LogP contribution in [0.15, 0.2) is 0 Å². The number of alkyl halides is 3. The third-order valence-corrected chi connectivity index (χ3v) is 0.765. The number of methoxy groups -OCH3 is 1. The van der Waals surface area contributed by atoms with Crippen molar-refractivity contribution < 1.29 is 17.9 Å². The van der Waals surface area contributed by atoms with Gasteiger partial charge in [-0.2, -0.15) is 0 Å². The second kappa shape index (κ2) is 2.91. The van der Waals surface area contributed by atoms with Crippen molar-refractivity contribution in [1.29, 1.82) is 0 Å². The molecule has 0 fully saturated rings. The van der Waals surface area contributed by atoms with Gasteiger partial charge >= 0.3 is 0 Å². The summed E-state index contributed by atoms with van der Waals surface area (Å²) in [5.74, 6) is -2.71. The summed E-state index contributed by atoms with van der Waals surface area (Å²) in [6.45, 7) is -2.89. The van der Waals surface area contributed by atoms with Crippen molar-refractivity contribution in [2.24, 2.45) is 0 Å². The maximum absolute atomic E-state index is 12.0. The van der Waals surface area contributed by atoms with Crippen molar-refractivity contribution in [3.05, 3.63) is 0 Å². The van der Waals surface area contributed by atoms with Crippen molar-refractivity contribution >= 4 is 0 Å². The molecule has 0 unspecified atom stereocenters. The lowest BCUT2D eigenvalue weighted by atomic mass is 10.4. The minimum Gasteiger partial charge on any atom is -0.345 e. The lowest BCUT2D eigenvalue weighted by Crippen LogP contribution is -2.30. The van der Waals surface area contributed by atoms with Gasteiger partial charge in [0.25, 0.3) is 5.85 Å². The fraction of sp³-hybridized carbons (Fsp3) is 1.00. The highest BCUT2D eigenvalue weighted by atomic mass is 19.2. The van der Waals surface area contributed by atoms with Gasteiger partial charge in [-0.05, 0) is 0 Å². The standard InChI is InChI=1S/C4H7F3O/c1-8-4(7,2-5)3-6/h2-3H2,1H3. The average molecular weight is 128 g/mol. The van der Waals surface area contributed by atoms with Crippen LogP contribution in [0.5, 0.6) is 0 Å². The average Bonchev–Trinajstić information content (AvgIpc) is 1.87. The van der Waals surface area contributed by atoms with Crippen LogP contribution in [0.3, 0.4) is 0 Å². The molecule has 0 rings (SSSR count). The highest BCUT2D eigenvalue weighted by Crippen LogP contribution is 2.12. The molecule has 0 aromatic carbocycles. The maximum Gasteiger partial charge on any atom is 0.266 e. The fourth-order valence-electron chi connectivity index (χ4n) is 0.145. The van der Waals surface area contributed by atoms with Crippen LogP contribution in [0.25, 0.3) is 0 Å². The van der Waals surface area contributed by atoms with Gasteiger partial charge in [0.2, 0.25) is 0 Å². The minimum atomic E-state index is -2.71. The van der Waals surface area contributed by atoms with E-state index in [4.69, 9.17) is 0 Å². The molecule has 0 saturated heterocycles. The van der Waals surface area contributed by atoms with Crippen molar-refractivity contribution in [2.45, 2.75) is 5.85 Å². The van der Waals surface area contributed by atoms with Gasteiger partial charge in [0.15, 0.2) is 13.3 Å². The van der Waals surface area contributed by atoms with E-state index in [9.17, 15) is 13.2 Å². The molecule has 0 atom stereocenters. The summed E-state index contributed by atoms with van der Waals surface area (Å²) in [4.78, 5) is 0. The predicted octanol–water partition coefficient (Wildman–Crippen LogP) is 1.24. The molecule has 8 heavy (non-hydrogen) atoms. The van der Waals surface area contributed by atoms with E-state index in [1.54, 1.807) is 0 Å². The zero-order valence-corrected chi connectivity index (χ0v) is 4.46. The smallest absolute Gasteiger partial charge is 0.266 e. The third kappa shape index (κ3) is 1.69. The second-order valence-electron chi connectivity index (χ2n) is 1.35. The van der Waals surface area contributed by atoms with E-state index in [0.29, 0.717) is 0 Å². The summed E-state index contributed by atoms with van der Waals surface area (Å²) in [5, 5.41) is 0. The Hall–Kier alpha value is -0.250. The first-order valence-corrected chi connectivity index (χ1v) is 2.04. The van der Waals surface area contributed by atoms with Crippen LogP contribution in [0.1, 0.15) is 0 Å². The monoisotopic (exact) mass is 128 g/mol. The molecule has 0 N–H and O–H groups in total. The summed E-state index contributed by atoms with van der Waals surface area (Å²) in [7, 11) is 0.916. The molecule has 0 heterocycles. The topological polar surface area (TPSA) is 9.23 Å². The Morgan fingerprint density at radius 3 is 1.75 bits per heavy atom. The third-order valence-electron chi connectivity index (χ3n) is 0.765. The Labute approximate surface area is 45.4 Å². The summed E-state index contributed by atoms with van der Waals surface area (Å²) >= 11 is 0. The van der Waals surface area contributed by atoms with E-state index in [0.717, 1.165) is 7.11 Å². The zero-order chi connectivity index (χ0) is 6.62. The van der Waals surface area contributed by atoms with Crippen LogP contribution in [0.2, 0.25) is 0 Å². The molecule has 0 aromatic heterocycles. The predicted molar refractivity (Wildman–Crippen MR) is 22.8 cm³/mol. The number of halogens is 3. The Morgan fingerprint density at radius 2 is 1.75 bits per heavy atom. The maximum atomic E-state index is 12.0. The van der Waals surface area contributed by atoms with E-state index >= 15 is 0 Å². The largest absolute Gasteiger partial charge is 0.345 e. The van der Waals surface area contributed by atoms with Gasteiger partial charge in [0.05, 0.1) is 0 Å². The van der Waals surface area contributed by atoms with Crippen molar-refractivity contribution in [3.63, 3.8) is 0 Å². The Morgan fingerprint density at radius 1 is 1.38 bits per heavy atom. The molecule has 0 aliphatic rings. The number of rotatable bonds is 3. The molecule has 0 amide bonds. The molecule has 0 aliphatic heterocycles. The van der Waals surface area contributed by atoms with E-state index in [-0.39, 0.29) is 0 Å². The summed E-state index contributed by atoms with van der Waals surface area (Å²) in [5.41, 5.74) is 0. The van der Waals surface area contributed by atoms with Crippen LogP contribution in [-0.2, 0) is 4.74 Å². The minimum absolute atomic E-state index is 0.916. The van der Waals surface area contributed by atoms with E-state index in [2.05, 4.69) is 4.74 Å². The Bertz CT molecular complexity index is 54.0. The lowest BCUT2D eigenvalue weighted by molar-refractivity contribution is -0.145. The SMILES string of the molecule is COC(F)(CF)CF. The molecule has 4 heteroatoms. The second-order valence-corrected chi connectivity index (χ2v) is 1.35. The molecular weight excluding hydrogens is 121 g/mol. The van der Waals surface area contributed by atoms with E-state index in [1.807, 2.05) is 0 Å². The van der Waals surface area contributed by atoms with Gasteiger partial charge in [-0.25, -0.2) is 13.2 Å². The molecule has 50 valence electrons. The lowest BCUT2D eigenvalue weighted by Gasteiger charge is -2.14. The van der Waals surface area contributed by atoms with Crippen LogP contribution < -0.4 is 0 Å². The van der Waals surface area contributed by atoms with Gasteiger partial charge in [0, 0.05) is 7.11 Å². The van der Waals surface area contributed by atoms with E-state index < -0.39 is 19.2 Å². The molecule has 0 radical (unpaired) electrons. The summed E-state index contributed by atoms with van der Waals surface area (Å²) in [6, 6.07) is 0. The molecule has 0 spiro atoms. The van der Waals surface area contributed by atoms with Gasteiger partial charge in [0.1, 0.15) is 0 Å². The molecule has 0 bridgehead atoms. The molecule has 0 aromatic rings. The fourth-order valence-corrected chi connectivity index (χ4v) is 0.145. The highest BCUT2D eigenvalue weighted by molar-refractivity contribution is 4.62. The molecule has 0 saturated carbocycles. The van der Waals surface area contributed by atoms with Gasteiger partial charge in [-0.3, -0.25) is 0 Å². The van der Waals surface area contributed by atoms with Crippen LogP contribution in [-0.4, -0.2) is 26.3 Å². The van der Waals surface area contributed by atoms with Crippen molar-refractivity contribution in [1.82, 2.24) is 0 Å². The summed E-state index contributed by atoms with van der Waals surface area (Å²) < 4.78 is 38.4. The van der Waals surface area contributed by atoms with Crippen molar-refractivity contribution in [3.8, 4) is 0 Å². The van der Waals surface area contributed by atoms with Crippen LogP contribution >= 0.6 is 0 Å². The molecule has 1 nitrogen and oxygen atoms in total. The zero-order valence-electron chi connectivity index (χ0n) is 4.46. The molecular formula is C4H7F3O. The first-order valence-electron chi connectivity index (χ1n) is 2.04. The first kappa shape index (κ1) is 7.75. The number of hydrogen-bond donors (Lipinski definition) is 0. The highest BCUT2D eigenvalue weighted by Gasteiger charge is 2.28. The summed E-state index contributed by atoms with van der Waals surface area (Å²) in [6.07, 6.45) is 0. The van der Waals surface area contributed by atoms with Gasteiger partial charge in [-0.15, -0.1) is 0 Å². The van der Waals surface area contributed by atoms with Crippen LogP contribution in [0.4, 0.5) is 13.2 Å². The number of hydrogen-bond acceptors (Lipinski definition) is 1. The molecule has 0 aliphatic carbocycles. The quantitative estimate of drug-likeness (QED) is 0.555. The van der Waals surface area contributed by atoms with E-state index in [1.165, 1.54) is 0 Å². The van der Waals surface area contributed by atoms with Gasteiger partial charge in [-0.1, -0.05) is 0 Å². The Balaban J connectivity index is 3.58.